The summed E-state index contributed by atoms with van der Waals surface area (Å²) >= 11 is 0. The van der Waals surface area contributed by atoms with Crippen molar-refractivity contribution < 1.29 is 9.21 Å². The number of nitrogens with zero attached hydrogens (tertiary/aromatic N) is 2. The first-order valence-electron chi connectivity index (χ1n) is 9.24. The molecular formula is C19H27N3O3. The highest BCUT2D eigenvalue weighted by Gasteiger charge is 2.17. The average Bonchev–Trinajstić information content (AvgIpc) is 2.93. The van der Waals surface area contributed by atoms with Crippen LogP contribution in [0.3, 0.4) is 0 Å². The van der Waals surface area contributed by atoms with E-state index in [0.29, 0.717) is 24.7 Å². The highest BCUT2D eigenvalue weighted by atomic mass is 16.4. The number of amides is 1. The smallest absolute Gasteiger partial charge is 0.408 e. The molecule has 1 aliphatic rings. The molecule has 1 fully saturated rings. The number of para-hydroxylation sites is 2. The summed E-state index contributed by atoms with van der Waals surface area (Å²) in [6.07, 6.45) is 5.13. The van der Waals surface area contributed by atoms with Crippen LogP contribution in [-0.4, -0.2) is 41.1 Å². The van der Waals surface area contributed by atoms with Crippen LogP contribution >= 0.6 is 0 Å². The van der Waals surface area contributed by atoms with E-state index in [2.05, 4.69) is 17.1 Å². The van der Waals surface area contributed by atoms with Crippen molar-refractivity contribution in [3.05, 3.63) is 34.8 Å². The SMILES string of the molecule is C[C@H]1CCCCN1CCCNC(=O)CCn1c(=O)oc2ccccc21. The Bertz CT molecular complexity index is 765. The number of rotatable bonds is 7. The molecule has 0 bridgehead atoms. The molecule has 25 heavy (non-hydrogen) atoms. The van der Waals surface area contributed by atoms with Crippen molar-refractivity contribution >= 4 is 17.0 Å². The molecule has 1 aromatic heterocycles. The molecule has 1 amide bonds. The van der Waals surface area contributed by atoms with Gasteiger partial charge in [-0.05, 0) is 44.9 Å². The predicted octanol–water partition coefficient (Wildman–Crippen LogP) is 2.37. The minimum atomic E-state index is -0.409. The second-order valence-electron chi connectivity index (χ2n) is 6.82. The Hall–Kier alpha value is -2.08. The molecule has 1 aliphatic heterocycles. The van der Waals surface area contributed by atoms with Crippen LogP contribution in [0.1, 0.15) is 39.0 Å². The third-order valence-corrected chi connectivity index (χ3v) is 5.02. The minimum Gasteiger partial charge on any atom is -0.408 e. The molecule has 1 saturated heterocycles. The molecule has 6 heteroatoms. The Morgan fingerprint density at radius 2 is 2.12 bits per heavy atom. The summed E-state index contributed by atoms with van der Waals surface area (Å²) in [6, 6.07) is 7.93. The summed E-state index contributed by atoms with van der Waals surface area (Å²) in [5.41, 5.74) is 1.29. The molecule has 6 nitrogen and oxygen atoms in total. The number of carbonyl (C=O) groups excluding carboxylic acids is 1. The zero-order chi connectivity index (χ0) is 17.6. The van der Waals surface area contributed by atoms with Crippen molar-refractivity contribution in [2.75, 3.05) is 19.6 Å². The van der Waals surface area contributed by atoms with Gasteiger partial charge in [-0.3, -0.25) is 9.36 Å². The van der Waals surface area contributed by atoms with E-state index in [1.165, 1.54) is 30.4 Å². The maximum absolute atomic E-state index is 12.0. The van der Waals surface area contributed by atoms with Gasteiger partial charge < -0.3 is 14.6 Å². The van der Waals surface area contributed by atoms with Gasteiger partial charge in [0.05, 0.1) is 5.52 Å². The lowest BCUT2D eigenvalue weighted by Crippen LogP contribution is -2.39. The zero-order valence-electron chi connectivity index (χ0n) is 14.9. The Kier molecular flexibility index (Phi) is 5.91. The number of fused-ring (bicyclic) bond motifs is 1. The maximum Gasteiger partial charge on any atom is 0.419 e. The number of hydrogen-bond acceptors (Lipinski definition) is 4. The molecule has 2 aromatic rings. The highest BCUT2D eigenvalue weighted by molar-refractivity contribution is 5.76. The number of hydrogen-bond donors (Lipinski definition) is 1. The largest absolute Gasteiger partial charge is 0.419 e. The standard InChI is InChI=1S/C19H27N3O3/c1-15-7-4-5-12-21(15)13-6-11-20-18(23)10-14-22-16-8-2-3-9-17(16)25-19(22)24/h2-3,8-9,15H,4-7,10-14H2,1H3,(H,20,23)/t15-/m0/s1. The summed E-state index contributed by atoms with van der Waals surface area (Å²) in [7, 11) is 0. The number of carbonyl (C=O) groups is 1. The van der Waals surface area contributed by atoms with Crippen LogP contribution in [0.25, 0.3) is 11.1 Å². The van der Waals surface area contributed by atoms with Gasteiger partial charge in [0.2, 0.25) is 5.91 Å². The fraction of sp³-hybridized carbons (Fsp3) is 0.579. The first kappa shape index (κ1) is 17.7. The summed E-state index contributed by atoms with van der Waals surface area (Å²) in [6.45, 7) is 5.51. The van der Waals surface area contributed by atoms with E-state index >= 15 is 0 Å². The highest BCUT2D eigenvalue weighted by Crippen LogP contribution is 2.16. The summed E-state index contributed by atoms with van der Waals surface area (Å²) in [5.74, 6) is -0.433. The second kappa shape index (κ2) is 8.34. The molecule has 2 heterocycles. The van der Waals surface area contributed by atoms with Gasteiger partial charge in [-0.1, -0.05) is 18.6 Å². The zero-order valence-corrected chi connectivity index (χ0v) is 14.9. The van der Waals surface area contributed by atoms with E-state index < -0.39 is 5.76 Å². The lowest BCUT2D eigenvalue weighted by atomic mass is 10.0. The topological polar surface area (TPSA) is 67.5 Å². The lowest BCUT2D eigenvalue weighted by Gasteiger charge is -2.33. The third-order valence-electron chi connectivity index (χ3n) is 5.02. The van der Waals surface area contributed by atoms with Crippen molar-refractivity contribution in [1.29, 1.82) is 0 Å². The molecular weight excluding hydrogens is 318 g/mol. The van der Waals surface area contributed by atoms with Crippen molar-refractivity contribution in [1.82, 2.24) is 14.8 Å². The normalized spacial score (nSPS) is 18.5. The Balaban J connectivity index is 1.41. The number of nitrogens with one attached hydrogen (secondary N) is 1. The fourth-order valence-electron chi connectivity index (χ4n) is 3.53. The molecule has 0 saturated carbocycles. The van der Waals surface area contributed by atoms with Crippen LogP contribution in [0.2, 0.25) is 0 Å². The van der Waals surface area contributed by atoms with Gasteiger partial charge in [0.25, 0.3) is 0 Å². The Labute approximate surface area is 147 Å². The van der Waals surface area contributed by atoms with Crippen LogP contribution in [0.5, 0.6) is 0 Å². The Morgan fingerprint density at radius 1 is 1.28 bits per heavy atom. The van der Waals surface area contributed by atoms with Gasteiger partial charge in [0.1, 0.15) is 0 Å². The van der Waals surface area contributed by atoms with E-state index in [4.69, 9.17) is 4.42 Å². The van der Waals surface area contributed by atoms with E-state index in [-0.39, 0.29) is 12.3 Å². The van der Waals surface area contributed by atoms with Crippen molar-refractivity contribution in [3.8, 4) is 0 Å². The van der Waals surface area contributed by atoms with Crippen LogP contribution in [0, 0.1) is 0 Å². The fourth-order valence-corrected chi connectivity index (χ4v) is 3.53. The number of likely N-dealkylation sites (tertiary alicyclic amines) is 1. The van der Waals surface area contributed by atoms with Gasteiger partial charge in [-0.15, -0.1) is 0 Å². The number of aryl methyl sites for hydroxylation is 1. The maximum atomic E-state index is 12.0. The van der Waals surface area contributed by atoms with Crippen molar-refractivity contribution in [2.45, 2.75) is 51.6 Å². The van der Waals surface area contributed by atoms with Gasteiger partial charge in [-0.25, -0.2) is 4.79 Å². The molecule has 1 aromatic carbocycles. The van der Waals surface area contributed by atoms with Crippen molar-refractivity contribution in [3.63, 3.8) is 0 Å². The lowest BCUT2D eigenvalue weighted by molar-refractivity contribution is -0.121. The quantitative estimate of drug-likeness (QED) is 0.782. The van der Waals surface area contributed by atoms with Crippen LogP contribution < -0.4 is 11.1 Å². The molecule has 0 spiro atoms. The molecule has 3 rings (SSSR count). The summed E-state index contributed by atoms with van der Waals surface area (Å²) < 4.78 is 6.70. The average molecular weight is 345 g/mol. The number of benzene rings is 1. The molecule has 0 unspecified atom stereocenters. The summed E-state index contributed by atoms with van der Waals surface area (Å²) in [4.78, 5) is 26.4. The molecule has 0 aliphatic carbocycles. The first-order chi connectivity index (χ1) is 12.1. The number of aromatic nitrogens is 1. The predicted molar refractivity (Wildman–Crippen MR) is 97.6 cm³/mol. The molecule has 136 valence electrons. The molecule has 1 atom stereocenters. The minimum absolute atomic E-state index is 0.0242. The van der Waals surface area contributed by atoms with Crippen LogP contribution in [0.4, 0.5) is 0 Å². The third kappa shape index (κ3) is 4.51. The number of piperidine rings is 1. The molecule has 1 N–H and O–H groups in total. The van der Waals surface area contributed by atoms with E-state index in [9.17, 15) is 9.59 Å². The van der Waals surface area contributed by atoms with Gasteiger partial charge in [-0.2, -0.15) is 0 Å². The van der Waals surface area contributed by atoms with Gasteiger partial charge in [0, 0.05) is 32.1 Å². The van der Waals surface area contributed by atoms with Gasteiger partial charge in [0.15, 0.2) is 5.58 Å². The monoisotopic (exact) mass is 345 g/mol. The van der Waals surface area contributed by atoms with E-state index in [1.807, 2.05) is 18.2 Å². The summed E-state index contributed by atoms with van der Waals surface area (Å²) in [5, 5.41) is 2.96. The van der Waals surface area contributed by atoms with E-state index in [0.717, 1.165) is 18.5 Å². The molecule has 0 radical (unpaired) electrons. The van der Waals surface area contributed by atoms with E-state index in [1.54, 1.807) is 6.07 Å². The Morgan fingerprint density at radius 3 is 2.96 bits per heavy atom. The van der Waals surface area contributed by atoms with Gasteiger partial charge >= 0.3 is 5.76 Å². The van der Waals surface area contributed by atoms with Crippen LogP contribution in [0.15, 0.2) is 33.5 Å². The number of oxazole rings is 1. The van der Waals surface area contributed by atoms with Crippen molar-refractivity contribution in [2.24, 2.45) is 0 Å². The first-order valence-corrected chi connectivity index (χ1v) is 9.24. The second-order valence-corrected chi connectivity index (χ2v) is 6.82. The van der Waals surface area contributed by atoms with Crippen LogP contribution in [-0.2, 0) is 11.3 Å².